The predicted molar refractivity (Wildman–Crippen MR) is 176 cm³/mol. The van der Waals surface area contributed by atoms with E-state index >= 15 is 0 Å². The summed E-state index contributed by atoms with van der Waals surface area (Å²) in [5, 5.41) is 1.49. The van der Waals surface area contributed by atoms with Gasteiger partial charge in [-0.05, 0) is 60.3 Å². The summed E-state index contributed by atoms with van der Waals surface area (Å²) in [6.45, 7) is 12.1. The Balaban J connectivity index is 1.73. The number of methoxy groups -OCH3 is 1. The second-order valence-corrected chi connectivity index (χ2v) is 12.8. The fourth-order valence-electron chi connectivity index (χ4n) is 5.78. The van der Waals surface area contributed by atoms with Gasteiger partial charge in [0.2, 0.25) is 0 Å². The van der Waals surface area contributed by atoms with E-state index in [-0.39, 0.29) is 11.9 Å². The van der Waals surface area contributed by atoms with Crippen molar-refractivity contribution in [1.29, 1.82) is 0 Å². The molecule has 0 spiro atoms. The Morgan fingerprint density at radius 1 is 0.756 bits per heavy atom. The highest BCUT2D eigenvalue weighted by Crippen LogP contribution is 2.51. The fraction of sp³-hybridized carbons (Fsp3) is 0.351. The first-order chi connectivity index (χ1) is 20.0. The van der Waals surface area contributed by atoms with Gasteiger partial charge in [0, 0.05) is 37.5 Å². The van der Waals surface area contributed by atoms with E-state index in [2.05, 4.69) is 130 Å². The minimum atomic E-state index is -0.00556. The molecule has 0 amide bonds. The van der Waals surface area contributed by atoms with Gasteiger partial charge in [0.05, 0.1) is 0 Å². The van der Waals surface area contributed by atoms with Crippen LogP contribution in [0.15, 0.2) is 97.1 Å². The molecule has 4 aromatic rings. The van der Waals surface area contributed by atoms with Gasteiger partial charge < -0.3 is 9.47 Å². The number of hydrogen-bond acceptors (Lipinski definition) is 3. The third-order valence-electron chi connectivity index (χ3n) is 7.88. The van der Waals surface area contributed by atoms with Crippen LogP contribution in [0.4, 0.5) is 0 Å². The van der Waals surface area contributed by atoms with E-state index in [0.717, 1.165) is 44.6 Å². The fourth-order valence-corrected chi connectivity index (χ4v) is 7.75. The smallest absolute Gasteiger partial charge is 0.188 e. The molecular weight excluding hydrogens is 521 g/mol. The van der Waals surface area contributed by atoms with Gasteiger partial charge in [-0.3, -0.25) is 4.90 Å². The van der Waals surface area contributed by atoms with Crippen molar-refractivity contribution in [1.82, 2.24) is 4.90 Å². The lowest BCUT2D eigenvalue weighted by Gasteiger charge is -2.37. The molecule has 4 heteroatoms. The minimum absolute atomic E-state index is 0.00556. The number of rotatable bonds is 15. The van der Waals surface area contributed by atoms with E-state index in [1.54, 1.807) is 7.11 Å². The van der Waals surface area contributed by atoms with E-state index < -0.39 is 0 Å². The third-order valence-corrected chi connectivity index (χ3v) is 10.2. The molecule has 0 saturated carbocycles. The quantitative estimate of drug-likeness (QED) is 0.106. The van der Waals surface area contributed by atoms with E-state index in [0.29, 0.717) is 8.58 Å². The molecule has 2 atom stereocenters. The molecule has 0 aliphatic rings. The second kappa shape index (κ2) is 15.3. The first-order valence-corrected chi connectivity index (χ1v) is 15.9. The number of ether oxygens (including phenoxy) is 2. The Hall–Kier alpha value is -2.97. The number of hydrogen-bond donors (Lipinski definition) is 0. The summed E-state index contributed by atoms with van der Waals surface area (Å²) in [6, 6.07) is 35.2. The van der Waals surface area contributed by atoms with Crippen LogP contribution in [0.5, 0.6) is 5.75 Å². The highest BCUT2D eigenvalue weighted by atomic mass is 31.1. The highest BCUT2D eigenvalue weighted by Gasteiger charge is 2.34. The van der Waals surface area contributed by atoms with Crippen LogP contribution in [0.3, 0.4) is 0 Å². The topological polar surface area (TPSA) is 21.7 Å². The van der Waals surface area contributed by atoms with Crippen LogP contribution in [-0.4, -0.2) is 18.8 Å². The largest absolute Gasteiger partial charge is 0.467 e. The first-order valence-electron chi connectivity index (χ1n) is 14.9. The molecule has 0 fully saturated rings. The van der Waals surface area contributed by atoms with Crippen LogP contribution >= 0.6 is 8.58 Å². The molecule has 41 heavy (non-hydrogen) atoms. The Bertz CT molecular complexity index is 1320. The summed E-state index contributed by atoms with van der Waals surface area (Å²) in [7, 11) is 2.32. The highest BCUT2D eigenvalue weighted by molar-refractivity contribution is 7.48. The van der Waals surface area contributed by atoms with E-state index in [9.17, 15) is 0 Å². The van der Waals surface area contributed by atoms with Crippen molar-refractivity contribution in [2.45, 2.75) is 71.7 Å². The summed E-state index contributed by atoms with van der Waals surface area (Å²) in [5.41, 5.74) is 8.07. The van der Waals surface area contributed by atoms with Gasteiger partial charge in [0.15, 0.2) is 6.79 Å². The van der Waals surface area contributed by atoms with Crippen molar-refractivity contribution in [3.63, 3.8) is 0 Å². The monoisotopic (exact) mass is 567 g/mol. The van der Waals surface area contributed by atoms with E-state index in [4.69, 9.17) is 9.47 Å². The molecule has 0 aromatic heterocycles. The Kier molecular flexibility index (Phi) is 11.6. The van der Waals surface area contributed by atoms with Gasteiger partial charge in [-0.1, -0.05) is 125 Å². The van der Waals surface area contributed by atoms with Crippen molar-refractivity contribution in [3.05, 3.63) is 130 Å². The molecule has 2 unspecified atom stereocenters. The summed E-state index contributed by atoms with van der Waals surface area (Å²) in [4.78, 5) is 2.58. The van der Waals surface area contributed by atoms with Crippen LogP contribution < -0.4 is 10.0 Å². The number of benzene rings is 4. The van der Waals surface area contributed by atoms with Crippen LogP contribution in [0.2, 0.25) is 0 Å². The van der Waals surface area contributed by atoms with Gasteiger partial charge in [-0.15, -0.1) is 0 Å². The summed E-state index contributed by atoms with van der Waals surface area (Å²) < 4.78 is 11.5. The zero-order valence-electron chi connectivity index (χ0n) is 25.5. The Labute approximate surface area is 249 Å². The maximum atomic E-state index is 6.16. The average molecular weight is 568 g/mol. The van der Waals surface area contributed by atoms with Crippen LogP contribution in [0, 0.1) is 13.8 Å². The zero-order chi connectivity index (χ0) is 29.1. The van der Waals surface area contributed by atoms with Gasteiger partial charge in [0.1, 0.15) is 5.75 Å². The van der Waals surface area contributed by atoms with Crippen LogP contribution in [-0.2, 0) is 29.5 Å². The maximum absolute atomic E-state index is 6.16. The molecule has 0 heterocycles. The minimum Gasteiger partial charge on any atom is -0.467 e. The van der Waals surface area contributed by atoms with Crippen molar-refractivity contribution in [2.75, 3.05) is 13.9 Å². The second-order valence-electron chi connectivity index (χ2n) is 11.1. The molecule has 0 saturated heterocycles. The van der Waals surface area contributed by atoms with Gasteiger partial charge in [-0.25, -0.2) is 0 Å². The number of nitrogens with zero attached hydrogens (tertiary/aromatic N) is 1. The van der Waals surface area contributed by atoms with Crippen molar-refractivity contribution >= 4 is 13.9 Å². The van der Waals surface area contributed by atoms with Crippen LogP contribution in [0.1, 0.15) is 66.5 Å². The standard InChI is InChI=1S/C37H46NO2P/c1-6-23-37(7-2,34-24-29(3)21-22-35(34)40-28-39-5)41-36-30(4)15-14-20-33(36)27-38(25-31-16-10-8-11-17-31)26-32-18-12-9-13-19-32/h8-22,24,41H,6-7,23,25-28H2,1-5H3. The zero-order valence-corrected chi connectivity index (χ0v) is 26.5. The maximum Gasteiger partial charge on any atom is 0.188 e. The molecule has 3 nitrogen and oxygen atoms in total. The van der Waals surface area contributed by atoms with Gasteiger partial charge >= 0.3 is 0 Å². The lowest BCUT2D eigenvalue weighted by molar-refractivity contribution is 0.0499. The summed E-state index contributed by atoms with van der Waals surface area (Å²) in [5.74, 6) is 0.949. The van der Waals surface area contributed by atoms with Gasteiger partial charge in [-0.2, -0.15) is 0 Å². The molecule has 0 aliphatic carbocycles. The summed E-state index contributed by atoms with van der Waals surface area (Å²) in [6.07, 6.45) is 3.28. The molecule has 0 aliphatic heterocycles. The molecule has 216 valence electrons. The Morgan fingerprint density at radius 2 is 1.41 bits per heavy atom. The third kappa shape index (κ3) is 8.29. The predicted octanol–water partition coefficient (Wildman–Crippen LogP) is 8.90. The average Bonchev–Trinajstić information content (AvgIpc) is 2.99. The van der Waals surface area contributed by atoms with Gasteiger partial charge in [0.25, 0.3) is 0 Å². The van der Waals surface area contributed by atoms with E-state index in [1.807, 2.05) is 0 Å². The van der Waals surface area contributed by atoms with Crippen molar-refractivity contribution < 1.29 is 9.47 Å². The molecule has 0 N–H and O–H groups in total. The van der Waals surface area contributed by atoms with Crippen molar-refractivity contribution in [2.24, 2.45) is 0 Å². The SMILES string of the molecule is CCCC(CC)(Pc1c(C)cccc1CN(Cc1ccccc1)Cc1ccccc1)c1cc(C)ccc1OCOC. The molecule has 4 rings (SSSR count). The van der Waals surface area contributed by atoms with Crippen LogP contribution in [0.25, 0.3) is 0 Å². The number of aryl methyl sites for hydroxylation is 2. The lowest BCUT2D eigenvalue weighted by atomic mass is 9.89. The first kappa shape index (κ1) is 31.0. The van der Waals surface area contributed by atoms with Crippen molar-refractivity contribution in [3.8, 4) is 5.75 Å². The molecule has 0 radical (unpaired) electrons. The molecular formula is C37H46NO2P. The van der Waals surface area contributed by atoms with E-state index in [1.165, 1.54) is 38.7 Å². The summed E-state index contributed by atoms with van der Waals surface area (Å²) >= 11 is 0. The normalized spacial score (nSPS) is 13.1. The molecule has 4 aromatic carbocycles. The molecule has 0 bridgehead atoms. The Morgan fingerprint density at radius 3 is 2.00 bits per heavy atom. The lowest BCUT2D eigenvalue weighted by Crippen LogP contribution is -2.29.